The fourth-order valence-electron chi connectivity index (χ4n) is 3.39. The topological polar surface area (TPSA) is 76.4 Å². The molecule has 4 aromatic rings. The predicted octanol–water partition coefficient (Wildman–Crippen LogP) is 5.76. The third-order valence-corrected chi connectivity index (χ3v) is 5.08. The zero-order valence-electron chi connectivity index (χ0n) is 17.5. The Morgan fingerprint density at radius 3 is 2.11 bits per heavy atom. The molecule has 0 bridgehead atoms. The number of halogens is 6. The van der Waals surface area contributed by atoms with Crippen LogP contribution in [0.2, 0.25) is 0 Å². The first kappa shape index (κ1) is 24.1. The van der Waals surface area contributed by atoms with Gasteiger partial charge in [-0.05, 0) is 66.2 Å². The van der Waals surface area contributed by atoms with Crippen LogP contribution in [0.15, 0.2) is 67.0 Å². The lowest BCUT2D eigenvalue weighted by Crippen LogP contribution is -2.18. The molecule has 0 aliphatic carbocycles. The summed E-state index contributed by atoms with van der Waals surface area (Å²) in [6.45, 7) is -0.514. The molecule has 35 heavy (non-hydrogen) atoms. The number of rotatable bonds is 5. The van der Waals surface area contributed by atoms with Crippen molar-refractivity contribution in [1.82, 2.24) is 15.0 Å². The third-order valence-electron chi connectivity index (χ3n) is 5.08. The molecular formula is C23H15F6N3O3. The smallest absolute Gasteiger partial charge is 0.416 e. The summed E-state index contributed by atoms with van der Waals surface area (Å²) in [6.07, 6.45) is -8.38. The zero-order chi connectivity index (χ0) is 25.4. The minimum absolute atomic E-state index is 0.0589. The summed E-state index contributed by atoms with van der Waals surface area (Å²) in [4.78, 5) is 15.9. The zero-order valence-corrected chi connectivity index (χ0v) is 17.5. The molecule has 0 aliphatic heterocycles. The Hall–Kier alpha value is -4.06. The van der Waals surface area contributed by atoms with Gasteiger partial charge in [-0.15, -0.1) is 0 Å². The monoisotopic (exact) mass is 495 g/mol. The second-order valence-electron chi connectivity index (χ2n) is 7.46. The molecule has 3 aromatic carbocycles. The SMILES string of the molecule is O=C(NO)c1ccc2ncn(-c3ccc(OCc4cc(C(F)(F)F)cc(C(F)(F)F)c4)cc3)c2c1. The molecule has 0 unspecified atom stereocenters. The van der Waals surface area contributed by atoms with E-state index in [1.54, 1.807) is 28.2 Å². The van der Waals surface area contributed by atoms with Crippen LogP contribution in [0.4, 0.5) is 26.3 Å². The molecule has 4 rings (SSSR count). The molecule has 0 saturated carbocycles. The van der Waals surface area contributed by atoms with Crippen molar-refractivity contribution in [1.29, 1.82) is 0 Å². The molecule has 182 valence electrons. The van der Waals surface area contributed by atoms with Crippen molar-refractivity contribution in [3.63, 3.8) is 0 Å². The van der Waals surface area contributed by atoms with Crippen molar-refractivity contribution in [3.05, 3.63) is 89.2 Å². The molecule has 0 fully saturated rings. The molecule has 0 aliphatic rings. The summed E-state index contributed by atoms with van der Waals surface area (Å²) in [5.74, 6) is -0.490. The van der Waals surface area contributed by atoms with Crippen LogP contribution in [-0.2, 0) is 19.0 Å². The Labute approximate surface area is 193 Å². The van der Waals surface area contributed by atoms with Gasteiger partial charge in [-0.25, -0.2) is 10.5 Å². The number of hydroxylamine groups is 1. The van der Waals surface area contributed by atoms with Crippen LogP contribution < -0.4 is 10.2 Å². The number of imidazole rings is 1. The number of nitrogens with zero attached hydrogens (tertiary/aromatic N) is 2. The Kier molecular flexibility index (Phi) is 6.15. The third kappa shape index (κ3) is 5.22. The first-order valence-electron chi connectivity index (χ1n) is 9.89. The van der Waals surface area contributed by atoms with E-state index in [2.05, 4.69) is 4.98 Å². The van der Waals surface area contributed by atoms with Gasteiger partial charge in [0.1, 0.15) is 18.7 Å². The highest BCUT2D eigenvalue weighted by Crippen LogP contribution is 2.36. The predicted molar refractivity (Wildman–Crippen MR) is 111 cm³/mol. The Morgan fingerprint density at radius 1 is 0.914 bits per heavy atom. The lowest BCUT2D eigenvalue weighted by Gasteiger charge is -2.15. The second kappa shape index (κ2) is 8.95. The number of aromatic nitrogens is 2. The minimum Gasteiger partial charge on any atom is -0.489 e. The maximum atomic E-state index is 13.0. The van der Waals surface area contributed by atoms with Crippen LogP contribution in [0.5, 0.6) is 5.75 Å². The molecular weight excluding hydrogens is 480 g/mol. The van der Waals surface area contributed by atoms with Gasteiger partial charge in [0.2, 0.25) is 0 Å². The summed E-state index contributed by atoms with van der Waals surface area (Å²) in [7, 11) is 0. The molecule has 6 nitrogen and oxygen atoms in total. The Bertz CT molecular complexity index is 1350. The lowest BCUT2D eigenvalue weighted by atomic mass is 10.1. The van der Waals surface area contributed by atoms with Crippen molar-refractivity contribution in [2.45, 2.75) is 19.0 Å². The number of amides is 1. The lowest BCUT2D eigenvalue weighted by molar-refractivity contribution is -0.143. The summed E-state index contributed by atoms with van der Waals surface area (Å²) in [5.41, 5.74) is 0.357. The maximum absolute atomic E-state index is 13.0. The molecule has 1 aromatic heterocycles. The minimum atomic E-state index is -4.94. The van der Waals surface area contributed by atoms with Gasteiger partial charge in [-0.1, -0.05) is 0 Å². The first-order valence-corrected chi connectivity index (χ1v) is 9.89. The van der Waals surface area contributed by atoms with E-state index in [1.165, 1.54) is 30.6 Å². The van der Waals surface area contributed by atoms with Gasteiger partial charge in [0.05, 0.1) is 22.2 Å². The van der Waals surface area contributed by atoms with E-state index >= 15 is 0 Å². The van der Waals surface area contributed by atoms with Gasteiger partial charge in [0.15, 0.2) is 0 Å². The van der Waals surface area contributed by atoms with E-state index in [4.69, 9.17) is 9.94 Å². The van der Waals surface area contributed by atoms with Crippen LogP contribution in [0, 0.1) is 0 Å². The molecule has 0 atom stereocenters. The summed E-state index contributed by atoms with van der Waals surface area (Å²) in [6, 6.07) is 12.1. The number of fused-ring (bicyclic) bond motifs is 1. The molecule has 2 N–H and O–H groups in total. The van der Waals surface area contributed by atoms with Crippen molar-refractivity contribution in [2.24, 2.45) is 0 Å². The fourth-order valence-corrected chi connectivity index (χ4v) is 3.39. The van der Waals surface area contributed by atoms with Crippen LogP contribution in [0.3, 0.4) is 0 Å². The van der Waals surface area contributed by atoms with Gasteiger partial charge in [0, 0.05) is 11.3 Å². The van der Waals surface area contributed by atoms with E-state index in [9.17, 15) is 31.1 Å². The maximum Gasteiger partial charge on any atom is 0.416 e. The number of carbonyl (C=O) groups is 1. The number of carbonyl (C=O) groups excluding carboxylic acids is 1. The summed E-state index contributed by atoms with van der Waals surface area (Å²) >= 11 is 0. The molecule has 12 heteroatoms. The second-order valence-corrected chi connectivity index (χ2v) is 7.46. The average molecular weight is 495 g/mol. The molecule has 1 heterocycles. The van der Waals surface area contributed by atoms with Crippen molar-refractivity contribution < 1.29 is 41.1 Å². The summed E-state index contributed by atoms with van der Waals surface area (Å²) < 4.78 is 85.2. The van der Waals surface area contributed by atoms with Crippen LogP contribution in [0.1, 0.15) is 27.0 Å². The van der Waals surface area contributed by atoms with Gasteiger partial charge in [-0.2, -0.15) is 26.3 Å². The van der Waals surface area contributed by atoms with E-state index in [0.717, 1.165) is 0 Å². The number of ether oxygens (including phenoxy) is 1. The van der Waals surface area contributed by atoms with Crippen LogP contribution in [0.25, 0.3) is 16.7 Å². The Morgan fingerprint density at radius 2 is 1.54 bits per heavy atom. The van der Waals surface area contributed by atoms with Gasteiger partial charge in [0.25, 0.3) is 5.91 Å². The number of nitrogens with one attached hydrogen (secondary N) is 1. The molecule has 1 amide bonds. The van der Waals surface area contributed by atoms with Crippen LogP contribution in [-0.4, -0.2) is 20.7 Å². The standard InChI is InChI=1S/C23H15F6N3O3/c24-22(25,26)15-7-13(8-16(10-15)23(27,28)29)11-35-18-4-2-17(3-5-18)32-12-30-19-6-1-14(9-20(19)32)21(33)31-34/h1-10,12,34H,11H2,(H,31,33). The van der Waals surface area contributed by atoms with E-state index in [-0.39, 0.29) is 22.9 Å². The van der Waals surface area contributed by atoms with Crippen molar-refractivity contribution in [2.75, 3.05) is 0 Å². The van der Waals surface area contributed by atoms with E-state index in [0.29, 0.717) is 28.9 Å². The largest absolute Gasteiger partial charge is 0.489 e. The fraction of sp³-hybridized carbons (Fsp3) is 0.130. The first-order chi connectivity index (χ1) is 16.5. The average Bonchev–Trinajstić information content (AvgIpc) is 3.24. The number of benzene rings is 3. The van der Waals surface area contributed by atoms with Gasteiger partial charge in [-0.3, -0.25) is 14.6 Å². The summed E-state index contributed by atoms with van der Waals surface area (Å²) in [5, 5.41) is 8.82. The quantitative estimate of drug-likeness (QED) is 0.210. The highest BCUT2D eigenvalue weighted by molar-refractivity contribution is 5.96. The number of hydrogen-bond donors (Lipinski definition) is 2. The highest BCUT2D eigenvalue weighted by atomic mass is 19.4. The van der Waals surface area contributed by atoms with Crippen molar-refractivity contribution in [3.8, 4) is 11.4 Å². The van der Waals surface area contributed by atoms with Crippen molar-refractivity contribution >= 4 is 16.9 Å². The van der Waals surface area contributed by atoms with Gasteiger partial charge < -0.3 is 4.74 Å². The van der Waals surface area contributed by atoms with E-state index in [1.807, 2.05) is 0 Å². The Balaban J connectivity index is 1.56. The highest BCUT2D eigenvalue weighted by Gasteiger charge is 2.36. The molecule has 0 radical (unpaired) electrons. The van der Waals surface area contributed by atoms with E-state index < -0.39 is 36.0 Å². The molecule has 0 saturated heterocycles. The van der Waals surface area contributed by atoms with Crippen LogP contribution >= 0.6 is 0 Å². The normalized spacial score (nSPS) is 12.1. The number of hydrogen-bond acceptors (Lipinski definition) is 4. The number of alkyl halides is 6. The molecule has 0 spiro atoms. The van der Waals surface area contributed by atoms with Gasteiger partial charge >= 0.3 is 12.4 Å².